The molecule has 0 saturated heterocycles. The summed E-state index contributed by atoms with van der Waals surface area (Å²) < 4.78 is 7.72. The second-order valence-corrected chi connectivity index (χ2v) is 5.72. The largest absolute Gasteiger partial charge is 0.491 e. The quantitative estimate of drug-likeness (QED) is 0.759. The fourth-order valence-electron chi connectivity index (χ4n) is 2.70. The average Bonchev–Trinajstić information content (AvgIpc) is 2.89. The smallest absolute Gasteiger partial charge is 0.119 e. The summed E-state index contributed by atoms with van der Waals surface area (Å²) in [6.07, 6.45) is 0.424. The molecule has 4 nitrogen and oxygen atoms in total. The van der Waals surface area contributed by atoms with Gasteiger partial charge in [-0.15, -0.1) is 0 Å². The van der Waals surface area contributed by atoms with Crippen molar-refractivity contribution in [2.75, 3.05) is 6.61 Å². The van der Waals surface area contributed by atoms with Crippen LogP contribution >= 0.6 is 0 Å². The summed E-state index contributed by atoms with van der Waals surface area (Å²) in [5.41, 5.74) is 3.27. The second kappa shape index (κ2) is 6.84. The van der Waals surface area contributed by atoms with Crippen LogP contribution < -0.4 is 4.74 Å². The summed E-state index contributed by atoms with van der Waals surface area (Å²) in [6, 6.07) is 16.0. The lowest BCUT2D eigenvalue weighted by Crippen LogP contribution is -2.24. The van der Waals surface area contributed by atoms with Crippen LogP contribution in [0, 0.1) is 6.92 Å². The van der Waals surface area contributed by atoms with Crippen LogP contribution in [0.3, 0.4) is 0 Å². The fourth-order valence-corrected chi connectivity index (χ4v) is 2.70. The third-order valence-corrected chi connectivity index (χ3v) is 4.01. The van der Waals surface area contributed by atoms with Crippen molar-refractivity contribution in [3.8, 4) is 5.75 Å². The molecule has 4 heteroatoms. The minimum atomic E-state index is -0.586. The van der Waals surface area contributed by atoms with Crippen LogP contribution in [0.25, 0.3) is 11.0 Å². The number of ether oxygens (including phenoxy) is 1. The van der Waals surface area contributed by atoms with Crippen LogP contribution in [-0.4, -0.2) is 27.4 Å². The van der Waals surface area contributed by atoms with Gasteiger partial charge < -0.3 is 14.4 Å². The van der Waals surface area contributed by atoms with Crippen molar-refractivity contribution >= 4 is 11.0 Å². The molecule has 3 aromatic rings. The lowest BCUT2D eigenvalue weighted by molar-refractivity contribution is 0.0929. The molecule has 1 N–H and O–H groups in total. The van der Waals surface area contributed by atoms with E-state index in [4.69, 9.17) is 4.74 Å². The number of imidazole rings is 1. The highest BCUT2D eigenvalue weighted by Crippen LogP contribution is 2.17. The molecule has 0 bridgehead atoms. The molecule has 0 spiro atoms. The molecule has 23 heavy (non-hydrogen) atoms. The first-order valence-corrected chi connectivity index (χ1v) is 7.99. The third-order valence-electron chi connectivity index (χ3n) is 4.01. The number of benzene rings is 2. The van der Waals surface area contributed by atoms with Gasteiger partial charge in [-0.25, -0.2) is 4.98 Å². The van der Waals surface area contributed by atoms with Gasteiger partial charge in [0.2, 0.25) is 0 Å². The van der Waals surface area contributed by atoms with Gasteiger partial charge in [0.25, 0.3) is 0 Å². The van der Waals surface area contributed by atoms with Gasteiger partial charge in [-0.3, -0.25) is 0 Å². The van der Waals surface area contributed by atoms with Gasteiger partial charge in [-0.1, -0.05) is 31.2 Å². The third kappa shape index (κ3) is 3.54. The van der Waals surface area contributed by atoms with Crippen molar-refractivity contribution in [1.82, 2.24) is 9.55 Å². The monoisotopic (exact) mass is 310 g/mol. The van der Waals surface area contributed by atoms with Crippen LogP contribution in [0.1, 0.15) is 18.3 Å². The molecule has 120 valence electrons. The highest BCUT2D eigenvalue weighted by Gasteiger charge is 2.12. The number of fused-ring (bicyclic) bond motifs is 1. The number of rotatable bonds is 6. The molecule has 1 aromatic heterocycles. The van der Waals surface area contributed by atoms with Gasteiger partial charge in [0.05, 0.1) is 17.6 Å². The molecule has 2 aromatic carbocycles. The van der Waals surface area contributed by atoms with E-state index in [1.165, 1.54) is 5.56 Å². The molecule has 1 atom stereocenters. The number of aromatic nitrogens is 2. The van der Waals surface area contributed by atoms with Crippen LogP contribution in [0.4, 0.5) is 0 Å². The molecule has 0 amide bonds. The van der Waals surface area contributed by atoms with E-state index >= 15 is 0 Å². The first-order valence-electron chi connectivity index (χ1n) is 7.99. The van der Waals surface area contributed by atoms with Crippen LogP contribution in [0.15, 0.2) is 48.5 Å². The van der Waals surface area contributed by atoms with E-state index in [0.29, 0.717) is 6.54 Å². The van der Waals surface area contributed by atoms with Crippen molar-refractivity contribution in [2.45, 2.75) is 32.9 Å². The Hall–Kier alpha value is -2.33. The summed E-state index contributed by atoms with van der Waals surface area (Å²) in [6.45, 7) is 4.81. The Kier molecular flexibility index (Phi) is 4.63. The van der Waals surface area contributed by atoms with Crippen molar-refractivity contribution in [2.24, 2.45) is 0 Å². The van der Waals surface area contributed by atoms with Crippen molar-refractivity contribution in [3.05, 3.63) is 59.9 Å². The van der Waals surface area contributed by atoms with Gasteiger partial charge in [-0.2, -0.15) is 0 Å². The van der Waals surface area contributed by atoms with Gasteiger partial charge in [0, 0.05) is 0 Å². The SMILES string of the molecule is CCc1ccc(OCC(O)Cn2c(C)nc3ccccc32)cc1. The van der Waals surface area contributed by atoms with E-state index in [9.17, 15) is 5.11 Å². The van der Waals surface area contributed by atoms with Crippen molar-refractivity contribution in [3.63, 3.8) is 0 Å². The molecule has 0 fully saturated rings. The Morgan fingerprint density at radius 3 is 2.61 bits per heavy atom. The number of para-hydroxylation sites is 2. The maximum Gasteiger partial charge on any atom is 0.119 e. The average molecular weight is 310 g/mol. The topological polar surface area (TPSA) is 47.3 Å². The maximum atomic E-state index is 10.3. The predicted molar refractivity (Wildman–Crippen MR) is 91.8 cm³/mol. The zero-order chi connectivity index (χ0) is 16.2. The van der Waals surface area contributed by atoms with E-state index < -0.39 is 6.10 Å². The first kappa shape index (κ1) is 15.6. The van der Waals surface area contributed by atoms with Crippen LogP contribution in [0.2, 0.25) is 0 Å². The molecule has 0 aliphatic heterocycles. The lowest BCUT2D eigenvalue weighted by atomic mass is 10.2. The van der Waals surface area contributed by atoms with Crippen LogP contribution in [0.5, 0.6) is 5.75 Å². The zero-order valence-electron chi connectivity index (χ0n) is 13.6. The van der Waals surface area contributed by atoms with Gasteiger partial charge >= 0.3 is 0 Å². The summed E-state index contributed by atoms with van der Waals surface area (Å²) in [5.74, 6) is 1.69. The number of nitrogens with zero attached hydrogens (tertiary/aromatic N) is 2. The summed E-state index contributed by atoms with van der Waals surface area (Å²) in [5, 5.41) is 10.3. The molecule has 0 aliphatic rings. The van der Waals surface area contributed by atoms with Crippen molar-refractivity contribution < 1.29 is 9.84 Å². The molecule has 0 radical (unpaired) electrons. The lowest BCUT2D eigenvalue weighted by Gasteiger charge is -2.15. The normalized spacial score (nSPS) is 12.5. The number of hydrogen-bond donors (Lipinski definition) is 1. The van der Waals surface area contributed by atoms with Crippen LogP contribution in [-0.2, 0) is 13.0 Å². The van der Waals surface area contributed by atoms with E-state index in [0.717, 1.165) is 29.0 Å². The standard InChI is InChI=1S/C19H22N2O2/c1-3-15-8-10-17(11-9-15)23-13-16(22)12-21-14(2)20-18-6-4-5-7-19(18)21/h4-11,16,22H,3,12-13H2,1-2H3. The Morgan fingerprint density at radius 1 is 1.13 bits per heavy atom. The first-order chi connectivity index (χ1) is 11.2. The molecular formula is C19H22N2O2. The number of aliphatic hydroxyl groups is 1. The molecule has 0 aliphatic carbocycles. The molecule has 0 saturated carbocycles. The Bertz CT molecular complexity index is 778. The maximum absolute atomic E-state index is 10.3. The van der Waals surface area contributed by atoms with Gasteiger partial charge in [-0.05, 0) is 43.2 Å². The minimum absolute atomic E-state index is 0.261. The molecular weight excluding hydrogens is 288 g/mol. The Labute approximate surface area is 136 Å². The zero-order valence-corrected chi connectivity index (χ0v) is 13.6. The van der Waals surface area contributed by atoms with Gasteiger partial charge in [0.15, 0.2) is 0 Å². The van der Waals surface area contributed by atoms with Crippen molar-refractivity contribution in [1.29, 1.82) is 0 Å². The summed E-state index contributed by atoms with van der Waals surface area (Å²) in [4.78, 5) is 4.51. The Morgan fingerprint density at radius 2 is 1.87 bits per heavy atom. The molecule has 3 rings (SSSR count). The Balaban J connectivity index is 1.64. The van der Waals surface area contributed by atoms with E-state index in [2.05, 4.69) is 24.0 Å². The van der Waals surface area contributed by atoms with E-state index in [1.54, 1.807) is 0 Å². The number of hydrogen-bond acceptors (Lipinski definition) is 3. The van der Waals surface area contributed by atoms with E-state index in [-0.39, 0.29) is 6.61 Å². The molecule has 1 unspecified atom stereocenters. The molecule has 1 heterocycles. The number of aryl methyl sites for hydroxylation is 2. The van der Waals surface area contributed by atoms with E-state index in [1.807, 2.05) is 47.9 Å². The minimum Gasteiger partial charge on any atom is -0.491 e. The summed E-state index contributed by atoms with van der Waals surface area (Å²) in [7, 11) is 0. The highest BCUT2D eigenvalue weighted by molar-refractivity contribution is 5.75. The second-order valence-electron chi connectivity index (χ2n) is 5.72. The summed E-state index contributed by atoms with van der Waals surface area (Å²) >= 11 is 0. The fraction of sp³-hybridized carbons (Fsp3) is 0.316. The predicted octanol–water partition coefficient (Wildman–Crippen LogP) is 3.35. The highest BCUT2D eigenvalue weighted by atomic mass is 16.5. The van der Waals surface area contributed by atoms with Gasteiger partial charge in [0.1, 0.15) is 24.3 Å². The number of aliphatic hydroxyl groups excluding tert-OH is 1.